The first-order valence-corrected chi connectivity index (χ1v) is 8.87. The Morgan fingerprint density at radius 1 is 1.33 bits per heavy atom. The lowest BCUT2D eigenvalue weighted by molar-refractivity contribution is 0.270. The summed E-state index contributed by atoms with van der Waals surface area (Å²) >= 11 is 0. The Kier molecular flexibility index (Phi) is 5.86. The summed E-state index contributed by atoms with van der Waals surface area (Å²) in [4.78, 5) is 0. The van der Waals surface area contributed by atoms with E-state index >= 15 is 0 Å². The van der Waals surface area contributed by atoms with Gasteiger partial charge in [0.2, 0.25) is 0 Å². The van der Waals surface area contributed by atoms with Crippen LogP contribution in [0.5, 0.6) is 0 Å². The van der Waals surface area contributed by atoms with Crippen LogP contribution in [0.3, 0.4) is 0 Å². The molecule has 1 heterocycles. The zero-order valence-corrected chi connectivity index (χ0v) is 14.4. The third kappa shape index (κ3) is 4.84. The van der Waals surface area contributed by atoms with Crippen molar-refractivity contribution in [3.8, 4) is 0 Å². The summed E-state index contributed by atoms with van der Waals surface area (Å²) in [6, 6.07) is 3.58. The maximum absolute atomic E-state index is 4.85. The standard InChI is InChI=1S/C18H33N3/c1-5-11-18(4,14-19-15-8-9-15)13-16-10-12-21(20-16)17(6-2)7-3/h10,12,15,17,19H,5-9,11,13-14H2,1-4H3. The summed E-state index contributed by atoms with van der Waals surface area (Å²) in [5.74, 6) is 0. The van der Waals surface area contributed by atoms with Crippen molar-refractivity contribution in [2.24, 2.45) is 5.41 Å². The second-order valence-electron chi connectivity index (χ2n) is 7.15. The number of aromatic nitrogens is 2. The van der Waals surface area contributed by atoms with E-state index in [0.717, 1.165) is 31.8 Å². The molecule has 0 spiro atoms. The van der Waals surface area contributed by atoms with Crippen molar-refractivity contribution in [3.63, 3.8) is 0 Å². The SMILES string of the molecule is CCCC(C)(CNC1CC1)Cc1ccn(C(CC)CC)n1. The smallest absolute Gasteiger partial charge is 0.0630 e. The van der Waals surface area contributed by atoms with Crippen LogP contribution in [0, 0.1) is 5.41 Å². The van der Waals surface area contributed by atoms with Gasteiger partial charge in [0.25, 0.3) is 0 Å². The van der Waals surface area contributed by atoms with Crippen LogP contribution >= 0.6 is 0 Å². The average Bonchev–Trinajstić information content (AvgIpc) is 3.19. The highest BCUT2D eigenvalue weighted by Crippen LogP contribution is 2.29. The molecule has 1 aliphatic carbocycles. The number of nitrogens with zero attached hydrogens (tertiary/aromatic N) is 2. The molecule has 1 fully saturated rings. The molecular weight excluding hydrogens is 258 g/mol. The Morgan fingerprint density at radius 3 is 2.62 bits per heavy atom. The van der Waals surface area contributed by atoms with Crippen molar-refractivity contribution in [2.45, 2.75) is 84.7 Å². The van der Waals surface area contributed by atoms with Crippen molar-refractivity contribution < 1.29 is 0 Å². The van der Waals surface area contributed by atoms with Gasteiger partial charge in [-0.05, 0) is 50.0 Å². The Bertz CT molecular complexity index is 418. The fourth-order valence-corrected chi connectivity index (χ4v) is 3.30. The van der Waals surface area contributed by atoms with Crippen LogP contribution in [-0.2, 0) is 6.42 Å². The molecule has 1 N–H and O–H groups in total. The van der Waals surface area contributed by atoms with Crippen molar-refractivity contribution in [2.75, 3.05) is 6.54 Å². The summed E-state index contributed by atoms with van der Waals surface area (Å²) in [6.45, 7) is 10.3. The Morgan fingerprint density at radius 2 is 2.05 bits per heavy atom. The molecule has 1 atom stereocenters. The predicted molar refractivity (Wildman–Crippen MR) is 89.6 cm³/mol. The molecule has 0 radical (unpaired) electrons. The molecule has 0 aromatic carbocycles. The van der Waals surface area contributed by atoms with Crippen LogP contribution in [0.15, 0.2) is 12.3 Å². The first-order valence-electron chi connectivity index (χ1n) is 8.87. The van der Waals surface area contributed by atoms with Gasteiger partial charge in [0.15, 0.2) is 0 Å². The lowest BCUT2D eigenvalue weighted by atomic mass is 9.81. The van der Waals surface area contributed by atoms with Crippen molar-refractivity contribution in [1.29, 1.82) is 0 Å². The van der Waals surface area contributed by atoms with Gasteiger partial charge in [-0.3, -0.25) is 4.68 Å². The number of rotatable bonds is 10. The van der Waals surface area contributed by atoms with E-state index in [2.05, 4.69) is 50.0 Å². The van der Waals surface area contributed by atoms with Gasteiger partial charge in [-0.2, -0.15) is 5.10 Å². The van der Waals surface area contributed by atoms with Gasteiger partial charge in [0, 0.05) is 18.8 Å². The fourth-order valence-electron chi connectivity index (χ4n) is 3.30. The second kappa shape index (κ2) is 7.44. The molecule has 0 saturated heterocycles. The van der Waals surface area contributed by atoms with E-state index in [0.29, 0.717) is 11.5 Å². The molecule has 1 aromatic rings. The first-order chi connectivity index (χ1) is 10.1. The zero-order valence-electron chi connectivity index (χ0n) is 14.4. The molecule has 21 heavy (non-hydrogen) atoms. The summed E-state index contributed by atoms with van der Waals surface area (Å²) < 4.78 is 2.18. The molecule has 3 nitrogen and oxygen atoms in total. The average molecular weight is 291 g/mol. The van der Waals surface area contributed by atoms with E-state index in [9.17, 15) is 0 Å². The van der Waals surface area contributed by atoms with E-state index < -0.39 is 0 Å². The van der Waals surface area contributed by atoms with Crippen LogP contribution in [0.4, 0.5) is 0 Å². The molecule has 1 aliphatic rings. The van der Waals surface area contributed by atoms with Crippen LogP contribution in [-0.4, -0.2) is 22.4 Å². The lowest BCUT2D eigenvalue weighted by Gasteiger charge is -2.29. The second-order valence-corrected chi connectivity index (χ2v) is 7.15. The van der Waals surface area contributed by atoms with Gasteiger partial charge in [-0.25, -0.2) is 0 Å². The van der Waals surface area contributed by atoms with Crippen molar-refractivity contribution >= 4 is 0 Å². The van der Waals surface area contributed by atoms with Crippen LogP contribution in [0.25, 0.3) is 0 Å². The van der Waals surface area contributed by atoms with E-state index in [-0.39, 0.29) is 0 Å². The van der Waals surface area contributed by atoms with Gasteiger partial charge in [-0.15, -0.1) is 0 Å². The first kappa shape index (κ1) is 16.5. The molecule has 3 heteroatoms. The third-order valence-corrected chi connectivity index (χ3v) is 4.84. The Hall–Kier alpha value is -0.830. The molecule has 2 rings (SSSR count). The molecule has 1 unspecified atom stereocenters. The monoisotopic (exact) mass is 291 g/mol. The minimum absolute atomic E-state index is 0.338. The van der Waals surface area contributed by atoms with Gasteiger partial charge < -0.3 is 5.32 Å². The predicted octanol–water partition coefficient (Wildman–Crippen LogP) is 4.35. The molecular formula is C18H33N3. The van der Waals surface area contributed by atoms with Crippen LogP contribution < -0.4 is 5.32 Å². The maximum atomic E-state index is 4.85. The Balaban J connectivity index is 1.98. The highest BCUT2D eigenvalue weighted by molar-refractivity contribution is 5.04. The van der Waals surface area contributed by atoms with E-state index in [1.807, 2.05) is 0 Å². The maximum Gasteiger partial charge on any atom is 0.0630 e. The quantitative estimate of drug-likeness (QED) is 0.694. The molecule has 1 aromatic heterocycles. The van der Waals surface area contributed by atoms with E-state index in [1.54, 1.807) is 0 Å². The summed E-state index contributed by atoms with van der Waals surface area (Å²) in [6.07, 6.45) is 10.8. The summed E-state index contributed by atoms with van der Waals surface area (Å²) in [7, 11) is 0. The molecule has 0 amide bonds. The lowest BCUT2D eigenvalue weighted by Crippen LogP contribution is -2.35. The molecule has 0 aliphatic heterocycles. The van der Waals surface area contributed by atoms with Crippen molar-refractivity contribution in [1.82, 2.24) is 15.1 Å². The number of hydrogen-bond acceptors (Lipinski definition) is 2. The Labute approximate surface area is 130 Å². The fraction of sp³-hybridized carbons (Fsp3) is 0.833. The highest BCUT2D eigenvalue weighted by Gasteiger charge is 2.29. The topological polar surface area (TPSA) is 29.9 Å². The van der Waals surface area contributed by atoms with Crippen molar-refractivity contribution in [3.05, 3.63) is 18.0 Å². The molecule has 120 valence electrons. The van der Waals surface area contributed by atoms with Crippen LogP contribution in [0.2, 0.25) is 0 Å². The van der Waals surface area contributed by atoms with Gasteiger partial charge in [0.1, 0.15) is 0 Å². The number of nitrogens with one attached hydrogen (secondary N) is 1. The van der Waals surface area contributed by atoms with E-state index in [4.69, 9.17) is 5.10 Å². The summed E-state index contributed by atoms with van der Waals surface area (Å²) in [5, 5.41) is 8.57. The minimum atomic E-state index is 0.338. The largest absolute Gasteiger partial charge is 0.313 e. The van der Waals surface area contributed by atoms with E-state index in [1.165, 1.54) is 31.4 Å². The normalized spacial score (nSPS) is 18.1. The third-order valence-electron chi connectivity index (χ3n) is 4.84. The number of hydrogen-bond donors (Lipinski definition) is 1. The van der Waals surface area contributed by atoms with Gasteiger partial charge in [0.05, 0.1) is 11.7 Å². The minimum Gasteiger partial charge on any atom is -0.313 e. The molecule has 0 bridgehead atoms. The van der Waals surface area contributed by atoms with Gasteiger partial charge in [-0.1, -0.05) is 34.1 Å². The highest BCUT2D eigenvalue weighted by atomic mass is 15.3. The zero-order chi connectivity index (χ0) is 15.3. The van der Waals surface area contributed by atoms with Crippen LogP contribution in [0.1, 0.15) is 78.0 Å². The summed E-state index contributed by atoms with van der Waals surface area (Å²) in [5.41, 5.74) is 1.60. The van der Waals surface area contributed by atoms with Gasteiger partial charge >= 0.3 is 0 Å². The molecule has 1 saturated carbocycles.